The van der Waals surface area contributed by atoms with Crippen LogP contribution in [0, 0.1) is 0 Å². The van der Waals surface area contributed by atoms with E-state index in [9.17, 15) is 9.59 Å². The molecule has 0 spiro atoms. The smallest absolute Gasteiger partial charge is 0.283 e. The summed E-state index contributed by atoms with van der Waals surface area (Å²) in [5.41, 5.74) is 6.43. The van der Waals surface area contributed by atoms with Crippen molar-refractivity contribution in [2.24, 2.45) is 0 Å². The summed E-state index contributed by atoms with van der Waals surface area (Å²) in [7, 11) is 0. The molecule has 2 aromatic rings. The van der Waals surface area contributed by atoms with Crippen molar-refractivity contribution in [1.82, 2.24) is 10.9 Å². The van der Waals surface area contributed by atoms with E-state index in [1.807, 2.05) is 18.2 Å². The molecule has 130 valence electrons. The first kappa shape index (κ1) is 16.8. The molecule has 3 rings (SSSR count). The Morgan fingerprint density at radius 3 is 2.48 bits per heavy atom. The van der Waals surface area contributed by atoms with E-state index in [0.717, 1.165) is 12.8 Å². The number of aryl methyl sites for hydroxylation is 1. The number of hydrogen-bond donors (Lipinski definition) is 2. The molecule has 0 saturated heterocycles. The normalized spacial score (nSPS) is 15.3. The molecule has 1 aliphatic heterocycles. The molecule has 2 amide bonds. The first-order chi connectivity index (χ1) is 12.2. The Bertz CT molecular complexity index is 758. The quantitative estimate of drug-likeness (QED) is 0.837. The number of fused-ring (bicyclic) bond motifs is 1. The van der Waals surface area contributed by atoms with Crippen molar-refractivity contribution in [3.63, 3.8) is 0 Å². The average Bonchev–Trinajstić information content (AvgIpc) is 2.66. The van der Waals surface area contributed by atoms with Crippen LogP contribution in [0.3, 0.4) is 0 Å². The highest BCUT2D eigenvalue weighted by atomic mass is 16.6. The molecule has 0 aliphatic carbocycles. The van der Waals surface area contributed by atoms with E-state index in [-0.39, 0.29) is 12.5 Å². The van der Waals surface area contributed by atoms with Gasteiger partial charge in [0.1, 0.15) is 6.61 Å². The Labute approximate surface area is 146 Å². The number of para-hydroxylation sites is 2. The lowest BCUT2D eigenvalue weighted by atomic mass is 10.1. The highest BCUT2D eigenvalue weighted by Gasteiger charge is 2.27. The first-order valence-electron chi connectivity index (χ1n) is 8.25. The van der Waals surface area contributed by atoms with Gasteiger partial charge in [-0.25, -0.2) is 0 Å². The van der Waals surface area contributed by atoms with Crippen molar-refractivity contribution in [3.8, 4) is 11.5 Å². The van der Waals surface area contributed by atoms with Gasteiger partial charge in [-0.15, -0.1) is 0 Å². The van der Waals surface area contributed by atoms with Crippen LogP contribution in [-0.4, -0.2) is 24.5 Å². The summed E-state index contributed by atoms with van der Waals surface area (Å²) in [4.78, 5) is 24.3. The zero-order chi connectivity index (χ0) is 17.6. The molecule has 2 aromatic carbocycles. The number of ether oxygens (including phenoxy) is 2. The largest absolute Gasteiger partial charge is 0.485 e. The highest BCUT2D eigenvalue weighted by molar-refractivity contribution is 5.95. The van der Waals surface area contributed by atoms with Crippen LogP contribution in [0.15, 0.2) is 48.5 Å². The van der Waals surface area contributed by atoms with Crippen LogP contribution in [0.2, 0.25) is 0 Å². The van der Waals surface area contributed by atoms with E-state index in [1.54, 1.807) is 30.3 Å². The maximum Gasteiger partial charge on any atom is 0.283 e. The van der Waals surface area contributed by atoms with Crippen LogP contribution in [0.4, 0.5) is 0 Å². The summed E-state index contributed by atoms with van der Waals surface area (Å²) in [6.45, 7) is 2.19. The second kappa shape index (κ2) is 7.70. The zero-order valence-electron chi connectivity index (χ0n) is 14.0. The third-order valence-corrected chi connectivity index (χ3v) is 3.86. The zero-order valence-corrected chi connectivity index (χ0v) is 14.0. The van der Waals surface area contributed by atoms with Gasteiger partial charge in [0.05, 0.1) is 0 Å². The standard InChI is InChI=1S/C19H20N2O4/c1-2-5-13-8-10-14(11-9-13)18(22)20-21-19(23)17-12-24-15-6-3-4-7-16(15)25-17/h3-4,6-11,17H,2,5,12H2,1H3,(H,20,22)(H,21,23). The van der Waals surface area contributed by atoms with Gasteiger partial charge in [-0.2, -0.15) is 0 Å². The van der Waals surface area contributed by atoms with E-state index >= 15 is 0 Å². The molecule has 6 nitrogen and oxygen atoms in total. The van der Waals surface area contributed by atoms with Crippen molar-refractivity contribution in [2.45, 2.75) is 25.9 Å². The lowest BCUT2D eigenvalue weighted by Crippen LogP contribution is -2.50. The van der Waals surface area contributed by atoms with E-state index in [4.69, 9.17) is 9.47 Å². The van der Waals surface area contributed by atoms with E-state index in [2.05, 4.69) is 17.8 Å². The molecule has 0 saturated carbocycles. The molecule has 1 aliphatic rings. The highest BCUT2D eigenvalue weighted by Crippen LogP contribution is 2.30. The maximum absolute atomic E-state index is 12.2. The Morgan fingerprint density at radius 1 is 1.04 bits per heavy atom. The minimum Gasteiger partial charge on any atom is -0.485 e. The molecular weight excluding hydrogens is 320 g/mol. The minimum atomic E-state index is -0.817. The molecule has 2 N–H and O–H groups in total. The fraction of sp³-hybridized carbons (Fsp3) is 0.263. The van der Waals surface area contributed by atoms with Gasteiger partial charge >= 0.3 is 0 Å². The minimum absolute atomic E-state index is 0.0877. The first-order valence-corrected chi connectivity index (χ1v) is 8.25. The van der Waals surface area contributed by atoms with E-state index < -0.39 is 12.0 Å². The second-order valence-electron chi connectivity index (χ2n) is 5.75. The molecule has 1 unspecified atom stereocenters. The molecule has 1 atom stereocenters. The topological polar surface area (TPSA) is 76.7 Å². The van der Waals surface area contributed by atoms with Gasteiger partial charge in [0.25, 0.3) is 11.8 Å². The Morgan fingerprint density at radius 2 is 1.76 bits per heavy atom. The van der Waals surface area contributed by atoms with Gasteiger partial charge in [0.15, 0.2) is 11.5 Å². The van der Waals surface area contributed by atoms with E-state index in [0.29, 0.717) is 17.1 Å². The van der Waals surface area contributed by atoms with Crippen molar-refractivity contribution in [3.05, 3.63) is 59.7 Å². The number of amides is 2. The van der Waals surface area contributed by atoms with E-state index in [1.165, 1.54) is 5.56 Å². The maximum atomic E-state index is 12.2. The predicted octanol–water partition coefficient (Wildman–Crippen LogP) is 2.24. The van der Waals surface area contributed by atoms with Gasteiger partial charge in [-0.1, -0.05) is 37.6 Å². The number of carbonyl (C=O) groups excluding carboxylic acids is 2. The fourth-order valence-electron chi connectivity index (χ4n) is 2.53. The van der Waals surface area contributed by atoms with Crippen LogP contribution in [0.25, 0.3) is 0 Å². The molecule has 25 heavy (non-hydrogen) atoms. The van der Waals surface area contributed by atoms with Crippen molar-refractivity contribution in [2.75, 3.05) is 6.61 Å². The molecule has 0 bridgehead atoms. The number of nitrogens with one attached hydrogen (secondary N) is 2. The summed E-state index contributed by atoms with van der Waals surface area (Å²) < 4.78 is 11.1. The third-order valence-electron chi connectivity index (χ3n) is 3.86. The van der Waals surface area contributed by atoms with Gasteiger partial charge in [-0.3, -0.25) is 20.4 Å². The number of carbonyl (C=O) groups is 2. The van der Waals surface area contributed by atoms with Crippen molar-refractivity contribution in [1.29, 1.82) is 0 Å². The predicted molar refractivity (Wildman–Crippen MR) is 92.4 cm³/mol. The summed E-state index contributed by atoms with van der Waals surface area (Å²) in [6.07, 6.45) is 1.20. The van der Waals surface area contributed by atoms with Gasteiger partial charge in [0.2, 0.25) is 6.10 Å². The number of rotatable bonds is 4. The lowest BCUT2D eigenvalue weighted by Gasteiger charge is -2.25. The molecule has 1 heterocycles. The van der Waals surface area contributed by atoms with Crippen molar-refractivity contribution < 1.29 is 19.1 Å². The van der Waals surface area contributed by atoms with Crippen LogP contribution in [0.1, 0.15) is 29.3 Å². The fourth-order valence-corrected chi connectivity index (χ4v) is 2.53. The summed E-state index contributed by atoms with van der Waals surface area (Å²) in [5, 5.41) is 0. The number of hydrazine groups is 1. The SMILES string of the molecule is CCCc1ccc(C(=O)NNC(=O)C2COc3ccccc3O2)cc1. The molecule has 0 fully saturated rings. The number of benzene rings is 2. The average molecular weight is 340 g/mol. The van der Waals surface area contributed by atoms with Crippen LogP contribution >= 0.6 is 0 Å². The Kier molecular flexibility index (Phi) is 5.18. The summed E-state index contributed by atoms with van der Waals surface area (Å²) >= 11 is 0. The second-order valence-corrected chi connectivity index (χ2v) is 5.75. The molecule has 0 aromatic heterocycles. The van der Waals surface area contributed by atoms with Gasteiger partial charge < -0.3 is 9.47 Å². The molecular formula is C19H20N2O4. The van der Waals surface area contributed by atoms with Crippen molar-refractivity contribution >= 4 is 11.8 Å². The van der Waals surface area contributed by atoms with Gasteiger partial charge in [-0.05, 0) is 36.2 Å². The molecule has 0 radical (unpaired) electrons. The van der Waals surface area contributed by atoms with Crippen LogP contribution in [0.5, 0.6) is 11.5 Å². The summed E-state index contributed by atoms with van der Waals surface area (Å²) in [5.74, 6) is 0.258. The van der Waals surface area contributed by atoms with Crippen LogP contribution in [-0.2, 0) is 11.2 Å². The monoisotopic (exact) mass is 340 g/mol. The Balaban J connectivity index is 1.53. The lowest BCUT2D eigenvalue weighted by molar-refractivity contribution is -0.131. The van der Waals surface area contributed by atoms with Crippen LogP contribution < -0.4 is 20.3 Å². The number of hydrogen-bond acceptors (Lipinski definition) is 4. The Hall–Kier alpha value is -3.02. The molecule has 6 heteroatoms. The third kappa shape index (κ3) is 4.09. The summed E-state index contributed by atoms with van der Waals surface area (Å²) in [6, 6.07) is 14.4. The van der Waals surface area contributed by atoms with Gasteiger partial charge in [0, 0.05) is 5.56 Å².